The predicted octanol–water partition coefficient (Wildman–Crippen LogP) is 3.13. The molecule has 2 heterocycles. The fourth-order valence-electron chi connectivity index (χ4n) is 4.32. The molecular weight excluding hydrogens is 506 g/mol. The number of hydrogen-bond donors (Lipinski definition) is 3. The first-order chi connectivity index (χ1) is 18.2. The Morgan fingerprint density at radius 1 is 1.18 bits per heavy atom. The summed E-state index contributed by atoms with van der Waals surface area (Å²) >= 11 is 0.768. The van der Waals surface area contributed by atoms with Gasteiger partial charge in [0.2, 0.25) is 5.91 Å². The third-order valence-corrected chi connectivity index (χ3v) is 7.46. The summed E-state index contributed by atoms with van der Waals surface area (Å²) in [4.78, 5) is 41.2. The molecule has 0 aliphatic carbocycles. The number of nitrogen functional groups attached to an aromatic ring is 1. The highest BCUT2D eigenvalue weighted by Crippen LogP contribution is 2.34. The Bertz CT molecular complexity index is 1330. The van der Waals surface area contributed by atoms with Crippen LogP contribution in [0.1, 0.15) is 55.7 Å². The van der Waals surface area contributed by atoms with Crippen molar-refractivity contribution >= 4 is 40.6 Å². The van der Waals surface area contributed by atoms with Gasteiger partial charge in [0.25, 0.3) is 11.8 Å². The topological polar surface area (TPSA) is 150 Å². The summed E-state index contributed by atoms with van der Waals surface area (Å²) in [5, 5.41) is 2.97. The molecule has 1 saturated heterocycles. The summed E-state index contributed by atoms with van der Waals surface area (Å²) < 4.78 is 15.0. The Labute approximate surface area is 225 Å². The minimum absolute atomic E-state index is 0.0162. The maximum Gasteiger partial charge on any atom is 0.273 e. The molecule has 4 rings (SSSR count). The molecule has 2 aromatic carbocycles. The predicted molar refractivity (Wildman–Crippen MR) is 145 cm³/mol. The largest absolute Gasteiger partial charge is 0.497 e. The van der Waals surface area contributed by atoms with E-state index in [1.165, 1.54) is 4.90 Å². The number of carbonyl (C=O) groups is 3. The molecule has 200 valence electrons. The molecule has 2 atom stereocenters. The molecule has 3 amide bonds. The van der Waals surface area contributed by atoms with Crippen LogP contribution in [0.15, 0.2) is 42.5 Å². The van der Waals surface area contributed by atoms with E-state index < -0.39 is 23.8 Å². The monoisotopic (exact) mass is 537 g/mol. The van der Waals surface area contributed by atoms with Gasteiger partial charge in [-0.3, -0.25) is 19.3 Å². The summed E-state index contributed by atoms with van der Waals surface area (Å²) in [7, 11) is 1.55. The summed E-state index contributed by atoms with van der Waals surface area (Å²) in [6.45, 7) is 4.85. The number of hydrogen-bond acceptors (Lipinski definition) is 8. The fraction of sp³-hybridized carbons (Fsp3) is 0.333. The smallest absolute Gasteiger partial charge is 0.273 e. The van der Waals surface area contributed by atoms with Gasteiger partial charge in [-0.15, -0.1) is 0 Å². The van der Waals surface area contributed by atoms with Crippen molar-refractivity contribution in [1.29, 1.82) is 0 Å². The van der Waals surface area contributed by atoms with Gasteiger partial charge in [0.15, 0.2) is 5.69 Å². The molecule has 1 fully saturated rings. The van der Waals surface area contributed by atoms with Crippen molar-refractivity contribution in [2.24, 2.45) is 5.73 Å². The van der Waals surface area contributed by atoms with Crippen molar-refractivity contribution in [3.63, 3.8) is 0 Å². The average Bonchev–Trinajstić information content (AvgIpc) is 3.57. The summed E-state index contributed by atoms with van der Waals surface area (Å²) in [6, 6.07) is 11.3. The molecule has 0 unspecified atom stereocenters. The van der Waals surface area contributed by atoms with E-state index in [0.29, 0.717) is 30.2 Å². The Morgan fingerprint density at radius 2 is 1.92 bits per heavy atom. The second-order valence-corrected chi connectivity index (χ2v) is 9.91. The number of nitrogens with two attached hydrogens (primary N) is 2. The van der Waals surface area contributed by atoms with Gasteiger partial charge in [-0.05, 0) is 79.2 Å². The Hall–Kier alpha value is -3.96. The fourth-order valence-corrected chi connectivity index (χ4v) is 5.06. The zero-order chi connectivity index (χ0) is 27.4. The van der Waals surface area contributed by atoms with Gasteiger partial charge < -0.3 is 26.3 Å². The first-order valence-corrected chi connectivity index (χ1v) is 13.0. The van der Waals surface area contributed by atoms with Gasteiger partial charge in [-0.1, -0.05) is 18.2 Å². The zero-order valence-electron chi connectivity index (χ0n) is 21.5. The summed E-state index contributed by atoms with van der Waals surface area (Å²) in [5.41, 5.74) is 14.2. The van der Waals surface area contributed by atoms with Crippen LogP contribution >= 0.6 is 11.5 Å². The third kappa shape index (κ3) is 5.63. The number of nitrogens with zero attached hydrogens (tertiary/aromatic N) is 2. The van der Waals surface area contributed by atoms with Gasteiger partial charge in [-0.25, -0.2) is 0 Å². The van der Waals surface area contributed by atoms with Gasteiger partial charge in [0.05, 0.1) is 18.9 Å². The number of primary amides is 1. The van der Waals surface area contributed by atoms with Gasteiger partial charge in [-0.2, -0.15) is 4.37 Å². The first-order valence-electron chi connectivity index (χ1n) is 12.2. The Kier molecular flexibility index (Phi) is 8.28. The van der Waals surface area contributed by atoms with Crippen LogP contribution in [0.3, 0.4) is 0 Å². The van der Waals surface area contributed by atoms with E-state index in [2.05, 4.69) is 9.69 Å². The highest BCUT2D eigenvalue weighted by molar-refractivity contribution is 7.09. The minimum atomic E-state index is -1.07. The summed E-state index contributed by atoms with van der Waals surface area (Å²) in [5.74, 6) is -1.20. The molecule has 1 aliphatic rings. The molecule has 11 heteroatoms. The molecule has 0 spiro atoms. The van der Waals surface area contributed by atoms with E-state index in [-0.39, 0.29) is 22.4 Å². The van der Waals surface area contributed by atoms with Crippen molar-refractivity contribution in [3.8, 4) is 5.75 Å². The number of anilines is 2. The normalized spacial score (nSPS) is 15.6. The number of rotatable bonds is 9. The molecule has 3 aromatic rings. The number of carbonyl (C=O) groups excluding carboxylic acids is 3. The molecule has 5 N–H and O–H groups in total. The number of aryl methyl sites for hydroxylation is 2. The van der Waals surface area contributed by atoms with Crippen molar-refractivity contribution in [3.05, 3.63) is 69.7 Å². The number of amides is 3. The van der Waals surface area contributed by atoms with E-state index in [1.54, 1.807) is 37.4 Å². The second kappa shape index (κ2) is 11.6. The maximum atomic E-state index is 14.1. The van der Waals surface area contributed by atoms with E-state index in [1.807, 2.05) is 26.0 Å². The van der Waals surface area contributed by atoms with Crippen LogP contribution in [-0.2, 0) is 9.53 Å². The van der Waals surface area contributed by atoms with Crippen LogP contribution in [0, 0.1) is 13.8 Å². The van der Waals surface area contributed by atoms with Crippen molar-refractivity contribution in [2.45, 2.75) is 38.8 Å². The summed E-state index contributed by atoms with van der Waals surface area (Å²) in [6.07, 6.45) is 1.69. The van der Waals surface area contributed by atoms with E-state index in [9.17, 15) is 14.4 Å². The number of ether oxygens (including phenoxy) is 2. The minimum Gasteiger partial charge on any atom is -0.497 e. The lowest BCUT2D eigenvalue weighted by Gasteiger charge is -2.32. The SMILES string of the molecule is COc1ccc([C@@H](C(=O)NC[C@H]2CCCO2)N(C(=O)c2snc(C(N)=O)c2N)c2ccc(C)c(C)c2)cc1. The highest BCUT2D eigenvalue weighted by atomic mass is 32.1. The number of methoxy groups -OCH3 is 1. The van der Waals surface area contributed by atoms with Gasteiger partial charge >= 0.3 is 0 Å². The number of nitrogens with one attached hydrogen (secondary N) is 1. The molecule has 1 aliphatic heterocycles. The zero-order valence-corrected chi connectivity index (χ0v) is 22.3. The molecular formula is C27H31N5O5S. The van der Waals surface area contributed by atoms with Crippen LogP contribution in [0.5, 0.6) is 5.75 Å². The van der Waals surface area contributed by atoms with E-state index >= 15 is 0 Å². The molecule has 10 nitrogen and oxygen atoms in total. The lowest BCUT2D eigenvalue weighted by molar-refractivity contribution is -0.123. The second-order valence-electron chi connectivity index (χ2n) is 9.14. The van der Waals surface area contributed by atoms with Crippen molar-refractivity contribution < 1.29 is 23.9 Å². The lowest BCUT2D eigenvalue weighted by atomic mass is 10.0. The molecule has 0 radical (unpaired) electrons. The van der Waals surface area contributed by atoms with Crippen LogP contribution in [-0.4, -0.2) is 48.5 Å². The average molecular weight is 538 g/mol. The molecule has 0 bridgehead atoms. The van der Waals surface area contributed by atoms with Crippen molar-refractivity contribution in [1.82, 2.24) is 9.69 Å². The lowest BCUT2D eigenvalue weighted by Crippen LogP contribution is -2.45. The van der Waals surface area contributed by atoms with Crippen LogP contribution < -0.4 is 26.4 Å². The van der Waals surface area contributed by atoms with Crippen LogP contribution in [0.2, 0.25) is 0 Å². The highest BCUT2D eigenvalue weighted by Gasteiger charge is 2.36. The van der Waals surface area contributed by atoms with Gasteiger partial charge in [0, 0.05) is 18.8 Å². The van der Waals surface area contributed by atoms with E-state index in [0.717, 1.165) is 35.5 Å². The van der Waals surface area contributed by atoms with Crippen molar-refractivity contribution in [2.75, 3.05) is 30.9 Å². The number of aromatic nitrogens is 1. The van der Waals surface area contributed by atoms with E-state index in [4.69, 9.17) is 20.9 Å². The molecule has 38 heavy (non-hydrogen) atoms. The maximum absolute atomic E-state index is 14.1. The standard InChI is InChI=1S/C27H31N5O5S/c1-15-6-9-18(13-16(15)2)32(27(35)24-21(28)22(25(29)33)31-38-24)23(17-7-10-19(36-3)11-8-17)26(34)30-14-20-5-4-12-37-20/h6-11,13,20,23H,4-5,12,14,28H2,1-3H3,(H2,29,33)(H,30,34)/t20-,23+/m1/s1. The third-order valence-electron chi connectivity index (χ3n) is 6.61. The van der Waals surface area contributed by atoms with Crippen LogP contribution in [0.25, 0.3) is 0 Å². The Balaban J connectivity index is 1.83. The van der Waals surface area contributed by atoms with Gasteiger partial charge in [0.1, 0.15) is 16.7 Å². The van der Waals surface area contributed by atoms with Crippen LogP contribution in [0.4, 0.5) is 11.4 Å². The first kappa shape index (κ1) is 27.1. The Morgan fingerprint density at radius 3 is 2.50 bits per heavy atom. The number of benzene rings is 2. The quantitative estimate of drug-likeness (QED) is 0.379. The molecule has 0 saturated carbocycles. The molecule has 1 aromatic heterocycles.